The maximum atomic E-state index is 11.5. The fourth-order valence-corrected chi connectivity index (χ4v) is 2.60. The fourth-order valence-electron chi connectivity index (χ4n) is 2.60. The first-order valence-corrected chi connectivity index (χ1v) is 9.91. The van der Waals surface area contributed by atoms with Crippen LogP contribution in [0.5, 0.6) is 0 Å². The average molecular weight is 343 g/mol. The minimum Gasteiger partial charge on any atom is -0.466 e. The minimum absolute atomic E-state index is 0.0525. The van der Waals surface area contributed by atoms with Crippen molar-refractivity contribution in [3.63, 3.8) is 0 Å². The first kappa shape index (κ1) is 22.9. The summed E-state index contributed by atoms with van der Waals surface area (Å²) in [7, 11) is 0. The molecule has 142 valence electrons. The number of hydrogen-bond donors (Lipinski definition) is 0. The van der Waals surface area contributed by atoms with E-state index in [1.807, 2.05) is 13.8 Å². The number of rotatable bonds is 16. The van der Waals surface area contributed by atoms with Gasteiger partial charge in [0.25, 0.3) is 0 Å². The van der Waals surface area contributed by atoms with Crippen molar-refractivity contribution in [1.29, 1.82) is 0 Å². The van der Waals surface area contributed by atoms with Crippen molar-refractivity contribution >= 4 is 11.9 Å². The summed E-state index contributed by atoms with van der Waals surface area (Å²) >= 11 is 0. The normalized spacial score (nSPS) is 12.0. The van der Waals surface area contributed by atoms with Crippen molar-refractivity contribution in [2.45, 2.75) is 97.8 Å². The van der Waals surface area contributed by atoms with Gasteiger partial charge >= 0.3 is 11.9 Å². The molecule has 0 aromatic carbocycles. The van der Waals surface area contributed by atoms with Crippen LogP contribution in [0, 0.1) is 5.92 Å². The minimum atomic E-state index is -0.0539. The highest BCUT2D eigenvalue weighted by atomic mass is 16.5. The Hall–Kier alpha value is -1.06. The Morgan fingerprint density at radius 1 is 0.750 bits per heavy atom. The van der Waals surface area contributed by atoms with Crippen LogP contribution in [0.25, 0.3) is 0 Å². The maximum Gasteiger partial charge on any atom is 0.306 e. The van der Waals surface area contributed by atoms with Crippen LogP contribution in [0.3, 0.4) is 0 Å². The van der Waals surface area contributed by atoms with Gasteiger partial charge in [0.2, 0.25) is 0 Å². The molecule has 24 heavy (non-hydrogen) atoms. The largest absolute Gasteiger partial charge is 0.466 e. The molecule has 1 atom stereocenters. The van der Waals surface area contributed by atoms with E-state index >= 15 is 0 Å². The third-order valence-corrected chi connectivity index (χ3v) is 4.03. The second-order valence-corrected chi connectivity index (χ2v) is 6.76. The van der Waals surface area contributed by atoms with E-state index in [2.05, 4.69) is 6.92 Å². The predicted octanol–water partition coefficient (Wildman–Crippen LogP) is 5.43. The number of ether oxygens (including phenoxy) is 2. The summed E-state index contributed by atoms with van der Waals surface area (Å²) in [5.74, 6) is 0.314. The van der Waals surface area contributed by atoms with E-state index < -0.39 is 0 Å². The first-order valence-electron chi connectivity index (χ1n) is 9.91. The summed E-state index contributed by atoms with van der Waals surface area (Å²) in [5, 5.41) is 0. The van der Waals surface area contributed by atoms with Crippen LogP contribution in [0.15, 0.2) is 0 Å². The van der Waals surface area contributed by atoms with Crippen LogP contribution in [0.4, 0.5) is 0 Å². The Morgan fingerprint density at radius 2 is 1.25 bits per heavy atom. The second-order valence-electron chi connectivity index (χ2n) is 6.76. The van der Waals surface area contributed by atoms with E-state index in [1.165, 1.54) is 32.1 Å². The van der Waals surface area contributed by atoms with Crippen molar-refractivity contribution in [1.82, 2.24) is 0 Å². The molecule has 4 nitrogen and oxygen atoms in total. The number of carbonyl (C=O) groups is 2. The van der Waals surface area contributed by atoms with Gasteiger partial charge in [-0.15, -0.1) is 0 Å². The van der Waals surface area contributed by atoms with E-state index in [-0.39, 0.29) is 11.9 Å². The van der Waals surface area contributed by atoms with Crippen molar-refractivity contribution < 1.29 is 19.1 Å². The van der Waals surface area contributed by atoms with Gasteiger partial charge in [-0.2, -0.15) is 0 Å². The lowest BCUT2D eigenvalue weighted by Crippen LogP contribution is -2.10. The third kappa shape index (κ3) is 15.8. The van der Waals surface area contributed by atoms with E-state index in [0.717, 1.165) is 32.1 Å². The average Bonchev–Trinajstić information content (AvgIpc) is 2.56. The Balaban J connectivity index is 3.32. The summed E-state index contributed by atoms with van der Waals surface area (Å²) in [6, 6.07) is 0. The smallest absolute Gasteiger partial charge is 0.306 e. The number of carbonyl (C=O) groups excluding carboxylic acids is 2. The van der Waals surface area contributed by atoms with Crippen LogP contribution < -0.4 is 0 Å². The van der Waals surface area contributed by atoms with Gasteiger partial charge in [0.05, 0.1) is 13.2 Å². The van der Waals surface area contributed by atoms with Gasteiger partial charge in [-0.1, -0.05) is 65.7 Å². The molecule has 0 aromatic heterocycles. The molecule has 0 spiro atoms. The highest BCUT2D eigenvalue weighted by molar-refractivity contribution is 5.69. The summed E-state index contributed by atoms with van der Waals surface area (Å²) in [5.41, 5.74) is 0. The molecule has 0 aliphatic heterocycles. The van der Waals surface area contributed by atoms with Crippen LogP contribution in [-0.4, -0.2) is 25.2 Å². The summed E-state index contributed by atoms with van der Waals surface area (Å²) < 4.78 is 10.2. The first-order chi connectivity index (χ1) is 11.6. The molecule has 1 unspecified atom stereocenters. The molecular formula is C20H38O4. The van der Waals surface area contributed by atoms with Crippen LogP contribution >= 0.6 is 0 Å². The number of esters is 2. The zero-order valence-electron chi connectivity index (χ0n) is 16.1. The van der Waals surface area contributed by atoms with Crippen molar-refractivity contribution in [3.8, 4) is 0 Å². The Bertz CT molecular complexity index is 315. The predicted molar refractivity (Wildman–Crippen MR) is 97.8 cm³/mol. The standard InChI is InChI=1S/C20H38O4/c1-4-15-23-19(21)14-12-10-8-6-7-9-11-13-18(3)17-20(22)24-16-5-2/h18H,4-17H2,1-3H3. The van der Waals surface area contributed by atoms with Gasteiger partial charge in [0, 0.05) is 12.8 Å². The van der Waals surface area contributed by atoms with E-state index in [9.17, 15) is 9.59 Å². The molecule has 0 saturated heterocycles. The van der Waals surface area contributed by atoms with Gasteiger partial charge in [0.15, 0.2) is 0 Å². The molecule has 0 N–H and O–H groups in total. The summed E-state index contributed by atoms with van der Waals surface area (Å²) in [6.07, 6.45) is 12.1. The molecule has 4 heteroatoms. The molecule has 0 aromatic rings. The van der Waals surface area contributed by atoms with E-state index in [1.54, 1.807) is 0 Å². The Labute approximate surface area is 148 Å². The fraction of sp³-hybridized carbons (Fsp3) is 0.900. The maximum absolute atomic E-state index is 11.5. The molecule has 0 saturated carbocycles. The van der Waals surface area contributed by atoms with Crippen molar-refractivity contribution in [2.24, 2.45) is 5.92 Å². The van der Waals surface area contributed by atoms with Crippen LogP contribution in [-0.2, 0) is 19.1 Å². The molecular weight excluding hydrogens is 304 g/mol. The molecule has 0 bridgehead atoms. The van der Waals surface area contributed by atoms with Gasteiger partial charge in [-0.05, 0) is 25.2 Å². The molecule has 0 heterocycles. The molecule has 0 rings (SSSR count). The monoisotopic (exact) mass is 342 g/mol. The molecule has 0 aliphatic rings. The van der Waals surface area contributed by atoms with E-state index in [4.69, 9.17) is 9.47 Å². The van der Waals surface area contributed by atoms with Gasteiger partial charge in [-0.3, -0.25) is 9.59 Å². The molecule has 0 radical (unpaired) electrons. The molecule has 0 amide bonds. The zero-order valence-corrected chi connectivity index (χ0v) is 16.1. The van der Waals surface area contributed by atoms with Gasteiger partial charge in [0.1, 0.15) is 0 Å². The quantitative estimate of drug-likeness (QED) is 0.277. The SMILES string of the molecule is CCCOC(=O)CCCCCCCCCC(C)CC(=O)OCCC. The van der Waals surface area contributed by atoms with E-state index in [0.29, 0.717) is 32.0 Å². The Morgan fingerprint density at radius 3 is 1.83 bits per heavy atom. The van der Waals surface area contributed by atoms with Crippen LogP contribution in [0.1, 0.15) is 97.8 Å². The molecule has 0 aliphatic carbocycles. The number of unbranched alkanes of at least 4 members (excludes halogenated alkanes) is 6. The lowest BCUT2D eigenvalue weighted by Gasteiger charge is -2.10. The summed E-state index contributed by atoms with van der Waals surface area (Å²) in [4.78, 5) is 22.8. The second kappa shape index (κ2) is 16.8. The summed E-state index contributed by atoms with van der Waals surface area (Å²) in [6.45, 7) is 7.24. The highest BCUT2D eigenvalue weighted by Gasteiger charge is 2.09. The van der Waals surface area contributed by atoms with Crippen molar-refractivity contribution in [2.75, 3.05) is 13.2 Å². The van der Waals surface area contributed by atoms with Crippen LogP contribution in [0.2, 0.25) is 0 Å². The van der Waals surface area contributed by atoms with Gasteiger partial charge in [-0.25, -0.2) is 0 Å². The number of hydrogen-bond acceptors (Lipinski definition) is 4. The zero-order chi connectivity index (χ0) is 18.0. The highest BCUT2D eigenvalue weighted by Crippen LogP contribution is 2.16. The van der Waals surface area contributed by atoms with Gasteiger partial charge < -0.3 is 9.47 Å². The topological polar surface area (TPSA) is 52.6 Å². The third-order valence-electron chi connectivity index (χ3n) is 4.03. The lowest BCUT2D eigenvalue weighted by atomic mass is 9.99. The van der Waals surface area contributed by atoms with Crippen molar-refractivity contribution in [3.05, 3.63) is 0 Å². The molecule has 0 fully saturated rings. The lowest BCUT2D eigenvalue weighted by molar-refractivity contribution is -0.145. The Kier molecular flexibility index (Phi) is 16.0.